The molecule has 0 aliphatic heterocycles. The number of fused-ring (bicyclic) bond motifs is 1. The maximum absolute atomic E-state index is 15.0. The Morgan fingerprint density at radius 2 is 1.12 bits per heavy atom. The van der Waals surface area contributed by atoms with Crippen LogP contribution < -0.4 is 9.47 Å². The summed E-state index contributed by atoms with van der Waals surface area (Å²) in [5.74, 6) is 0.396. The molecule has 3 aromatic carbocycles. The van der Waals surface area contributed by atoms with E-state index in [0.717, 1.165) is 66.2 Å². The van der Waals surface area contributed by atoms with E-state index in [4.69, 9.17) is 9.47 Å². The topological polar surface area (TPSA) is 44.2 Å². The van der Waals surface area contributed by atoms with Crippen molar-refractivity contribution in [2.75, 3.05) is 13.7 Å². The van der Waals surface area contributed by atoms with Crippen LogP contribution in [0.1, 0.15) is 19.8 Å². The lowest BCUT2D eigenvalue weighted by Gasteiger charge is -2.07. The zero-order chi connectivity index (χ0) is 27.6. The first-order valence-corrected chi connectivity index (χ1v) is 15.1. The van der Waals surface area contributed by atoms with Crippen LogP contribution in [0.25, 0.3) is 52.8 Å². The molecule has 0 N–H and O–H groups in total. The van der Waals surface area contributed by atoms with Crippen molar-refractivity contribution in [3.63, 3.8) is 0 Å². The highest BCUT2D eigenvalue weighted by atomic mass is 32.1. The summed E-state index contributed by atoms with van der Waals surface area (Å²) in [5, 5.41) is 0. The summed E-state index contributed by atoms with van der Waals surface area (Å²) in [5.41, 5.74) is 4.55. The summed E-state index contributed by atoms with van der Waals surface area (Å²) >= 11 is 4.17. The van der Waals surface area contributed by atoms with Gasteiger partial charge in [0.2, 0.25) is 0 Å². The predicted molar refractivity (Wildman–Crippen MR) is 162 cm³/mol. The highest BCUT2D eigenvalue weighted by molar-refractivity contribution is 7.19. The fraction of sp³-hybridized carbons (Fsp3) is 0.161. The first-order valence-electron chi connectivity index (χ1n) is 12.8. The second-order valence-electron chi connectivity index (χ2n) is 9.14. The number of nitrogens with zero attached hydrogens (tertiary/aromatic N) is 2. The number of rotatable bonds is 9. The number of thiophene rings is 2. The molecule has 0 aliphatic rings. The van der Waals surface area contributed by atoms with Crippen molar-refractivity contribution in [2.24, 2.45) is 0 Å². The summed E-state index contributed by atoms with van der Waals surface area (Å²) in [6.07, 6.45) is 1.96. The van der Waals surface area contributed by atoms with Gasteiger partial charge in [-0.2, -0.15) is 8.75 Å². The molecule has 3 heterocycles. The zero-order valence-electron chi connectivity index (χ0n) is 21.7. The molecule has 9 heteroatoms. The van der Waals surface area contributed by atoms with Crippen LogP contribution in [0.15, 0.2) is 72.8 Å². The van der Waals surface area contributed by atoms with Crippen molar-refractivity contribution in [2.45, 2.75) is 19.8 Å². The third-order valence-electron chi connectivity index (χ3n) is 6.57. The van der Waals surface area contributed by atoms with E-state index in [1.165, 1.54) is 41.9 Å². The van der Waals surface area contributed by atoms with E-state index in [9.17, 15) is 8.78 Å². The molecule has 0 amide bonds. The number of hydrogen-bond donors (Lipinski definition) is 0. The smallest absolute Gasteiger partial charge is 0.135 e. The lowest BCUT2D eigenvalue weighted by atomic mass is 10.1. The maximum Gasteiger partial charge on any atom is 0.135 e. The Kier molecular flexibility index (Phi) is 7.60. The van der Waals surface area contributed by atoms with Crippen molar-refractivity contribution < 1.29 is 18.3 Å². The molecular weight excluding hydrogens is 567 g/mol. The Hall–Kier alpha value is -3.66. The summed E-state index contributed by atoms with van der Waals surface area (Å²) in [4.78, 5) is 3.61. The molecule has 0 unspecified atom stereocenters. The van der Waals surface area contributed by atoms with Crippen LogP contribution in [-0.4, -0.2) is 22.5 Å². The zero-order valence-corrected chi connectivity index (χ0v) is 24.2. The van der Waals surface area contributed by atoms with Crippen LogP contribution in [0.5, 0.6) is 11.5 Å². The standard InChI is InChI=1S/C31H24F2N2O2S3/c1-3-4-15-37-19-6-8-21(25(33)17-19)27-12-14-29(39-27)23-10-9-22(30-31(23)35-40-34-30)28-13-11-26(38-28)20-7-5-18(36-2)16-24(20)32/h5-14,16-17H,3-4,15H2,1-2H3. The summed E-state index contributed by atoms with van der Waals surface area (Å²) in [6.45, 7) is 2.67. The van der Waals surface area contributed by atoms with Gasteiger partial charge in [0.1, 0.15) is 34.2 Å². The molecule has 40 heavy (non-hydrogen) atoms. The Balaban J connectivity index is 1.30. The van der Waals surface area contributed by atoms with Gasteiger partial charge < -0.3 is 9.47 Å². The van der Waals surface area contributed by atoms with Gasteiger partial charge in [0.15, 0.2) is 0 Å². The minimum absolute atomic E-state index is 0.306. The largest absolute Gasteiger partial charge is 0.497 e. The normalized spacial score (nSPS) is 11.3. The van der Waals surface area contributed by atoms with Gasteiger partial charge in [0, 0.05) is 53.9 Å². The highest BCUT2D eigenvalue weighted by Crippen LogP contribution is 2.43. The third-order valence-corrected chi connectivity index (χ3v) is 9.40. The molecule has 0 radical (unpaired) electrons. The summed E-state index contributed by atoms with van der Waals surface area (Å²) in [6, 6.07) is 21.8. The van der Waals surface area contributed by atoms with Gasteiger partial charge in [-0.05, 0) is 55.0 Å². The van der Waals surface area contributed by atoms with Gasteiger partial charge in [-0.15, -0.1) is 22.7 Å². The molecule has 0 saturated heterocycles. The number of unbranched alkanes of at least 4 members (excludes halogenated alkanes) is 1. The molecule has 0 aliphatic carbocycles. The van der Waals surface area contributed by atoms with Crippen LogP contribution in [0.3, 0.4) is 0 Å². The van der Waals surface area contributed by atoms with Gasteiger partial charge in [0.05, 0.1) is 25.4 Å². The van der Waals surface area contributed by atoms with E-state index in [0.29, 0.717) is 29.2 Å². The Bertz CT molecular complexity index is 1810. The molecule has 6 rings (SSSR count). The number of hydrogen-bond acceptors (Lipinski definition) is 7. The van der Waals surface area contributed by atoms with Crippen molar-refractivity contribution in [1.82, 2.24) is 8.75 Å². The molecule has 0 fully saturated rings. The Morgan fingerprint density at radius 3 is 1.62 bits per heavy atom. The lowest BCUT2D eigenvalue weighted by molar-refractivity contribution is 0.308. The number of methoxy groups -OCH3 is 1. The minimum Gasteiger partial charge on any atom is -0.497 e. The monoisotopic (exact) mass is 590 g/mol. The first kappa shape index (κ1) is 26.6. The van der Waals surface area contributed by atoms with E-state index >= 15 is 0 Å². The van der Waals surface area contributed by atoms with Crippen LogP contribution >= 0.6 is 34.4 Å². The molecule has 0 atom stereocenters. The number of benzene rings is 3. The number of ether oxygens (including phenoxy) is 2. The molecule has 202 valence electrons. The van der Waals surface area contributed by atoms with Gasteiger partial charge >= 0.3 is 0 Å². The fourth-order valence-corrected chi connectivity index (χ4v) is 7.15. The molecule has 0 bridgehead atoms. The molecular formula is C31H24F2N2O2S3. The average Bonchev–Trinajstić information content (AvgIpc) is 3.74. The van der Waals surface area contributed by atoms with Gasteiger partial charge in [0.25, 0.3) is 0 Å². The molecule has 0 saturated carbocycles. The van der Waals surface area contributed by atoms with Crippen LogP contribution in [-0.2, 0) is 0 Å². The lowest BCUT2D eigenvalue weighted by Crippen LogP contribution is -1.97. The third kappa shape index (κ3) is 5.12. The fourth-order valence-electron chi connectivity index (χ4n) is 4.46. The van der Waals surface area contributed by atoms with Gasteiger partial charge in [-0.25, -0.2) is 8.78 Å². The van der Waals surface area contributed by atoms with Crippen LogP contribution in [0, 0.1) is 11.6 Å². The van der Waals surface area contributed by atoms with Crippen molar-refractivity contribution >= 4 is 45.4 Å². The first-order chi connectivity index (χ1) is 19.6. The SMILES string of the molecule is CCCCOc1ccc(-c2ccc(-c3ccc(-c4ccc(-c5ccc(OC)cc5F)s4)c4nsnc34)s2)c(F)c1. The number of halogens is 2. The molecule has 6 aromatic rings. The predicted octanol–water partition coefficient (Wildman–Crippen LogP) is 9.95. The van der Waals surface area contributed by atoms with E-state index in [2.05, 4.69) is 15.7 Å². The quantitative estimate of drug-likeness (QED) is 0.157. The highest BCUT2D eigenvalue weighted by Gasteiger charge is 2.18. The molecule has 3 aromatic heterocycles. The summed E-state index contributed by atoms with van der Waals surface area (Å²) in [7, 11) is 1.52. The van der Waals surface area contributed by atoms with E-state index in [1.807, 2.05) is 42.5 Å². The van der Waals surface area contributed by atoms with E-state index in [-0.39, 0.29) is 11.6 Å². The van der Waals surface area contributed by atoms with Crippen LogP contribution in [0.4, 0.5) is 8.78 Å². The van der Waals surface area contributed by atoms with E-state index in [1.54, 1.807) is 18.2 Å². The second kappa shape index (κ2) is 11.4. The van der Waals surface area contributed by atoms with Gasteiger partial charge in [-0.3, -0.25) is 0 Å². The second-order valence-corrected chi connectivity index (χ2v) is 11.8. The molecule has 4 nitrogen and oxygen atoms in total. The maximum atomic E-state index is 15.0. The van der Waals surface area contributed by atoms with Crippen molar-refractivity contribution in [3.8, 4) is 53.3 Å². The molecule has 0 spiro atoms. The Morgan fingerprint density at radius 1 is 0.650 bits per heavy atom. The van der Waals surface area contributed by atoms with Crippen molar-refractivity contribution in [1.29, 1.82) is 0 Å². The van der Waals surface area contributed by atoms with Crippen LogP contribution in [0.2, 0.25) is 0 Å². The Labute approximate surface area is 242 Å². The van der Waals surface area contributed by atoms with E-state index < -0.39 is 0 Å². The number of aromatic nitrogens is 2. The average molecular weight is 591 g/mol. The summed E-state index contributed by atoms with van der Waals surface area (Å²) < 4.78 is 49.6. The van der Waals surface area contributed by atoms with Crippen molar-refractivity contribution in [3.05, 3.63) is 84.4 Å². The minimum atomic E-state index is -0.327. The van der Waals surface area contributed by atoms with Gasteiger partial charge in [-0.1, -0.05) is 25.5 Å².